The van der Waals surface area contributed by atoms with Crippen LogP contribution >= 0.6 is 15.9 Å². The second kappa shape index (κ2) is 9.68. The molecule has 6 nitrogen and oxygen atoms in total. The molecule has 0 spiro atoms. The Hall–Kier alpha value is -2.54. The van der Waals surface area contributed by atoms with Crippen molar-refractivity contribution >= 4 is 28.1 Å². The predicted octanol–water partition coefficient (Wildman–Crippen LogP) is 3.39. The van der Waals surface area contributed by atoms with E-state index in [-0.39, 0.29) is 12.5 Å². The van der Waals surface area contributed by atoms with Gasteiger partial charge in [-0.15, -0.1) is 0 Å². The number of carbonyl (C=O) groups is 1. The summed E-state index contributed by atoms with van der Waals surface area (Å²) in [5, 5.41) is 3.94. The van der Waals surface area contributed by atoms with Gasteiger partial charge < -0.3 is 14.2 Å². The highest BCUT2D eigenvalue weighted by Crippen LogP contribution is 2.22. The Kier molecular flexibility index (Phi) is 7.28. The van der Waals surface area contributed by atoms with E-state index < -0.39 is 0 Å². The summed E-state index contributed by atoms with van der Waals surface area (Å²) in [6.07, 6.45) is 1.50. The molecule has 1 amide bonds. The van der Waals surface area contributed by atoms with Crippen LogP contribution < -0.4 is 19.6 Å². The second-order valence-electron chi connectivity index (χ2n) is 4.88. The lowest BCUT2D eigenvalue weighted by Crippen LogP contribution is -2.24. The number of hydrazone groups is 1. The largest absolute Gasteiger partial charge is 0.497 e. The molecule has 0 saturated heterocycles. The highest BCUT2D eigenvalue weighted by Gasteiger charge is 2.05. The van der Waals surface area contributed by atoms with E-state index in [0.29, 0.717) is 29.4 Å². The molecule has 0 unspecified atom stereocenters. The van der Waals surface area contributed by atoms with Crippen LogP contribution in [-0.2, 0) is 4.79 Å². The topological polar surface area (TPSA) is 69.2 Å². The molecule has 7 heteroatoms. The fourth-order valence-corrected chi connectivity index (χ4v) is 2.33. The van der Waals surface area contributed by atoms with Gasteiger partial charge in [0.1, 0.15) is 17.2 Å². The van der Waals surface area contributed by atoms with E-state index in [0.717, 1.165) is 4.47 Å². The maximum absolute atomic E-state index is 11.8. The molecule has 132 valence electrons. The molecule has 1 N–H and O–H groups in total. The minimum Gasteiger partial charge on any atom is -0.497 e. The summed E-state index contributed by atoms with van der Waals surface area (Å²) in [4.78, 5) is 11.8. The summed E-state index contributed by atoms with van der Waals surface area (Å²) >= 11 is 3.34. The van der Waals surface area contributed by atoms with Gasteiger partial charge in [-0.1, -0.05) is 22.0 Å². The first-order chi connectivity index (χ1) is 12.1. The van der Waals surface area contributed by atoms with E-state index in [4.69, 9.17) is 14.2 Å². The molecule has 2 aromatic rings. The normalized spacial score (nSPS) is 10.5. The molecule has 0 bridgehead atoms. The number of nitrogens with zero attached hydrogens (tertiary/aromatic N) is 1. The summed E-state index contributed by atoms with van der Waals surface area (Å²) in [5.74, 6) is 1.57. The second-order valence-corrected chi connectivity index (χ2v) is 5.79. The van der Waals surface area contributed by atoms with Gasteiger partial charge >= 0.3 is 0 Å². The van der Waals surface area contributed by atoms with Gasteiger partial charge in [-0.2, -0.15) is 5.10 Å². The van der Waals surface area contributed by atoms with Gasteiger partial charge in [-0.05, 0) is 43.3 Å². The van der Waals surface area contributed by atoms with Gasteiger partial charge in [-0.3, -0.25) is 4.79 Å². The molecule has 25 heavy (non-hydrogen) atoms. The fourth-order valence-electron chi connectivity index (χ4n) is 1.95. The zero-order valence-corrected chi connectivity index (χ0v) is 15.6. The van der Waals surface area contributed by atoms with Gasteiger partial charge in [0, 0.05) is 10.0 Å². The third kappa shape index (κ3) is 6.11. The number of rotatable bonds is 8. The van der Waals surface area contributed by atoms with Crippen molar-refractivity contribution in [3.63, 3.8) is 0 Å². The van der Waals surface area contributed by atoms with Gasteiger partial charge in [-0.25, -0.2) is 5.43 Å². The molecule has 0 radical (unpaired) electrons. The highest BCUT2D eigenvalue weighted by atomic mass is 79.9. The van der Waals surface area contributed by atoms with Crippen molar-refractivity contribution in [2.24, 2.45) is 5.10 Å². The van der Waals surface area contributed by atoms with Crippen molar-refractivity contribution in [3.05, 3.63) is 52.5 Å². The molecule has 0 atom stereocenters. The Morgan fingerprint density at radius 1 is 1.20 bits per heavy atom. The van der Waals surface area contributed by atoms with Crippen molar-refractivity contribution < 1.29 is 19.0 Å². The monoisotopic (exact) mass is 406 g/mol. The predicted molar refractivity (Wildman–Crippen MR) is 99.5 cm³/mol. The van der Waals surface area contributed by atoms with Crippen molar-refractivity contribution in [2.45, 2.75) is 6.92 Å². The lowest BCUT2D eigenvalue weighted by atomic mass is 10.2. The number of methoxy groups -OCH3 is 1. The van der Waals surface area contributed by atoms with Crippen molar-refractivity contribution in [1.82, 2.24) is 5.43 Å². The third-order valence-electron chi connectivity index (χ3n) is 3.08. The lowest BCUT2D eigenvalue weighted by Gasteiger charge is -2.09. The van der Waals surface area contributed by atoms with Crippen LogP contribution in [0, 0.1) is 0 Å². The number of hydrogen-bond donors (Lipinski definition) is 1. The molecule has 2 aromatic carbocycles. The first kappa shape index (κ1) is 18.8. The zero-order valence-electron chi connectivity index (χ0n) is 14.0. The molecule has 0 saturated carbocycles. The number of halogens is 1. The first-order valence-corrected chi connectivity index (χ1v) is 8.42. The summed E-state index contributed by atoms with van der Waals surface area (Å²) < 4.78 is 17.0. The smallest absolute Gasteiger partial charge is 0.277 e. The highest BCUT2D eigenvalue weighted by molar-refractivity contribution is 9.10. The molecule has 0 aliphatic rings. The summed E-state index contributed by atoms with van der Waals surface area (Å²) in [6.45, 7) is 2.29. The van der Waals surface area contributed by atoms with Crippen molar-refractivity contribution in [3.8, 4) is 17.2 Å². The molecule has 0 aromatic heterocycles. The molecular weight excluding hydrogens is 388 g/mol. The van der Waals surface area contributed by atoms with E-state index in [1.165, 1.54) is 6.21 Å². The lowest BCUT2D eigenvalue weighted by molar-refractivity contribution is -0.123. The van der Waals surface area contributed by atoms with Crippen molar-refractivity contribution in [1.29, 1.82) is 0 Å². The Morgan fingerprint density at radius 2 is 2.04 bits per heavy atom. The SMILES string of the molecule is CCOc1ccc(OC)cc1/C=N\NC(=O)COc1cccc(Br)c1. The number of nitrogens with one attached hydrogen (secondary N) is 1. The maximum Gasteiger partial charge on any atom is 0.277 e. The number of carbonyl (C=O) groups excluding carboxylic acids is 1. The summed E-state index contributed by atoms with van der Waals surface area (Å²) in [6, 6.07) is 12.6. The summed E-state index contributed by atoms with van der Waals surface area (Å²) in [7, 11) is 1.58. The van der Waals surface area contributed by atoms with Gasteiger partial charge in [0.25, 0.3) is 5.91 Å². The zero-order chi connectivity index (χ0) is 18.1. The Labute approximate surface area is 154 Å². The first-order valence-electron chi connectivity index (χ1n) is 7.63. The van der Waals surface area contributed by atoms with E-state index >= 15 is 0 Å². The number of hydrogen-bond acceptors (Lipinski definition) is 5. The van der Waals surface area contributed by atoms with Crippen LogP contribution in [0.2, 0.25) is 0 Å². The standard InChI is InChI=1S/C18H19BrN2O4/c1-3-24-17-8-7-15(23-2)9-13(17)11-20-21-18(22)12-25-16-6-4-5-14(19)10-16/h4-11H,3,12H2,1-2H3,(H,21,22)/b20-11-. The maximum atomic E-state index is 11.8. The van der Waals surface area contributed by atoms with Crippen LogP contribution in [0.15, 0.2) is 52.0 Å². The van der Waals surface area contributed by atoms with E-state index in [1.54, 1.807) is 37.4 Å². The van der Waals surface area contributed by atoms with Crippen LogP contribution in [0.1, 0.15) is 12.5 Å². The quantitative estimate of drug-likeness (QED) is 0.538. The van der Waals surface area contributed by atoms with Gasteiger partial charge in [0.2, 0.25) is 0 Å². The molecular formula is C18H19BrN2O4. The van der Waals surface area contributed by atoms with E-state index in [2.05, 4.69) is 26.5 Å². The third-order valence-corrected chi connectivity index (χ3v) is 3.57. The van der Waals surface area contributed by atoms with Crippen LogP contribution in [0.4, 0.5) is 0 Å². The average molecular weight is 407 g/mol. The molecule has 0 aliphatic heterocycles. The Bertz CT molecular complexity index is 750. The van der Waals surface area contributed by atoms with Crippen molar-refractivity contribution in [2.75, 3.05) is 20.3 Å². The minimum atomic E-state index is -0.364. The van der Waals surface area contributed by atoms with Crippen LogP contribution in [-0.4, -0.2) is 32.4 Å². The minimum absolute atomic E-state index is 0.135. The van der Waals surface area contributed by atoms with E-state index in [9.17, 15) is 4.79 Å². The Morgan fingerprint density at radius 3 is 2.76 bits per heavy atom. The molecule has 0 heterocycles. The Balaban J connectivity index is 1.92. The van der Waals surface area contributed by atoms with Gasteiger partial charge in [0.05, 0.1) is 19.9 Å². The van der Waals surface area contributed by atoms with Crippen LogP contribution in [0.3, 0.4) is 0 Å². The van der Waals surface area contributed by atoms with E-state index in [1.807, 2.05) is 19.1 Å². The number of ether oxygens (including phenoxy) is 3. The molecule has 2 rings (SSSR count). The number of amides is 1. The average Bonchev–Trinajstić information content (AvgIpc) is 2.61. The fraction of sp³-hybridized carbons (Fsp3) is 0.222. The molecule has 0 fully saturated rings. The molecule has 0 aliphatic carbocycles. The number of benzene rings is 2. The van der Waals surface area contributed by atoms with Crippen LogP contribution in [0.25, 0.3) is 0 Å². The van der Waals surface area contributed by atoms with Crippen LogP contribution in [0.5, 0.6) is 17.2 Å². The summed E-state index contributed by atoms with van der Waals surface area (Å²) in [5.41, 5.74) is 3.12. The van der Waals surface area contributed by atoms with Gasteiger partial charge in [0.15, 0.2) is 6.61 Å².